The molecular formula is C21H28N4O3. The van der Waals surface area contributed by atoms with Crippen molar-refractivity contribution in [2.75, 3.05) is 24.3 Å². The van der Waals surface area contributed by atoms with Crippen molar-refractivity contribution < 1.29 is 14.3 Å². The summed E-state index contributed by atoms with van der Waals surface area (Å²) in [4.78, 5) is 29.3. The van der Waals surface area contributed by atoms with Crippen LogP contribution >= 0.6 is 0 Å². The van der Waals surface area contributed by atoms with Gasteiger partial charge in [-0.25, -0.2) is 4.98 Å². The molecule has 2 aromatic rings. The van der Waals surface area contributed by atoms with Gasteiger partial charge in [-0.05, 0) is 44.2 Å². The van der Waals surface area contributed by atoms with E-state index in [1.165, 1.54) is 0 Å². The average molecular weight is 384 g/mol. The number of anilines is 2. The SMILES string of the molecule is CCOc1ccc(NC(=O)C(C)C)cc1C(=O)NC(C)c1cccc(NC)n1. The second-order valence-corrected chi connectivity index (χ2v) is 6.68. The van der Waals surface area contributed by atoms with Crippen molar-refractivity contribution in [1.29, 1.82) is 0 Å². The highest BCUT2D eigenvalue weighted by Gasteiger charge is 2.18. The summed E-state index contributed by atoms with van der Waals surface area (Å²) in [6, 6.07) is 10.3. The van der Waals surface area contributed by atoms with Gasteiger partial charge >= 0.3 is 0 Å². The quantitative estimate of drug-likeness (QED) is 0.647. The zero-order chi connectivity index (χ0) is 20.7. The second-order valence-electron chi connectivity index (χ2n) is 6.68. The molecule has 0 aliphatic rings. The van der Waals surface area contributed by atoms with Crippen molar-refractivity contribution in [3.63, 3.8) is 0 Å². The molecule has 28 heavy (non-hydrogen) atoms. The van der Waals surface area contributed by atoms with Gasteiger partial charge in [-0.1, -0.05) is 19.9 Å². The zero-order valence-corrected chi connectivity index (χ0v) is 17.0. The van der Waals surface area contributed by atoms with Crippen LogP contribution in [0.2, 0.25) is 0 Å². The van der Waals surface area contributed by atoms with Crippen molar-refractivity contribution in [2.45, 2.75) is 33.7 Å². The van der Waals surface area contributed by atoms with Gasteiger partial charge in [-0.2, -0.15) is 0 Å². The van der Waals surface area contributed by atoms with Crippen LogP contribution in [-0.4, -0.2) is 30.5 Å². The first-order valence-electron chi connectivity index (χ1n) is 9.39. The van der Waals surface area contributed by atoms with Crippen LogP contribution in [0.3, 0.4) is 0 Å². The lowest BCUT2D eigenvalue weighted by molar-refractivity contribution is -0.118. The van der Waals surface area contributed by atoms with E-state index in [0.717, 1.165) is 11.5 Å². The number of carbonyl (C=O) groups excluding carboxylic acids is 2. The number of aromatic nitrogens is 1. The molecule has 0 saturated carbocycles. The molecule has 0 radical (unpaired) electrons. The summed E-state index contributed by atoms with van der Waals surface area (Å²) < 4.78 is 5.59. The maximum Gasteiger partial charge on any atom is 0.255 e. The molecular weight excluding hydrogens is 356 g/mol. The predicted octanol–water partition coefficient (Wildman–Crippen LogP) is 3.61. The van der Waals surface area contributed by atoms with Crippen LogP contribution in [0.5, 0.6) is 5.75 Å². The Balaban J connectivity index is 2.24. The van der Waals surface area contributed by atoms with E-state index in [0.29, 0.717) is 23.6 Å². The van der Waals surface area contributed by atoms with Crippen molar-refractivity contribution in [3.8, 4) is 5.75 Å². The summed E-state index contributed by atoms with van der Waals surface area (Å²) in [5, 5.41) is 8.74. The molecule has 2 amide bonds. The molecule has 0 fully saturated rings. The van der Waals surface area contributed by atoms with Gasteiger partial charge in [0, 0.05) is 18.7 Å². The van der Waals surface area contributed by atoms with E-state index < -0.39 is 0 Å². The van der Waals surface area contributed by atoms with Crippen LogP contribution in [0, 0.1) is 5.92 Å². The van der Waals surface area contributed by atoms with Crippen molar-refractivity contribution >= 4 is 23.3 Å². The third-order valence-electron chi connectivity index (χ3n) is 4.13. The van der Waals surface area contributed by atoms with Gasteiger partial charge in [0.05, 0.1) is 23.9 Å². The molecule has 7 heteroatoms. The Hall–Kier alpha value is -3.09. The van der Waals surface area contributed by atoms with Gasteiger partial charge < -0.3 is 20.7 Å². The molecule has 0 spiro atoms. The molecule has 0 bridgehead atoms. The molecule has 150 valence electrons. The predicted molar refractivity (Wildman–Crippen MR) is 111 cm³/mol. The number of amides is 2. The molecule has 1 heterocycles. The third kappa shape index (κ3) is 5.45. The van der Waals surface area contributed by atoms with Crippen LogP contribution in [0.15, 0.2) is 36.4 Å². The smallest absolute Gasteiger partial charge is 0.255 e. The molecule has 0 aliphatic heterocycles. The summed E-state index contributed by atoms with van der Waals surface area (Å²) in [7, 11) is 1.79. The van der Waals surface area contributed by atoms with Crippen LogP contribution in [0.4, 0.5) is 11.5 Å². The summed E-state index contributed by atoms with van der Waals surface area (Å²) in [5.41, 5.74) is 1.65. The van der Waals surface area contributed by atoms with Crippen LogP contribution in [0.1, 0.15) is 49.8 Å². The Labute approximate surface area is 165 Å². The minimum Gasteiger partial charge on any atom is -0.493 e. The normalized spacial score (nSPS) is 11.6. The number of hydrogen-bond donors (Lipinski definition) is 3. The molecule has 2 rings (SSSR count). The fourth-order valence-electron chi connectivity index (χ4n) is 2.53. The molecule has 1 atom stereocenters. The number of pyridine rings is 1. The minimum absolute atomic E-state index is 0.114. The van der Waals surface area contributed by atoms with Crippen molar-refractivity contribution in [1.82, 2.24) is 10.3 Å². The third-order valence-corrected chi connectivity index (χ3v) is 4.13. The summed E-state index contributed by atoms with van der Waals surface area (Å²) in [6.45, 7) is 7.77. The number of benzene rings is 1. The molecule has 1 unspecified atom stereocenters. The van der Waals surface area contributed by atoms with E-state index in [9.17, 15) is 9.59 Å². The fourth-order valence-corrected chi connectivity index (χ4v) is 2.53. The van der Waals surface area contributed by atoms with Crippen molar-refractivity contribution in [2.24, 2.45) is 5.92 Å². The standard InChI is InChI=1S/C21H28N4O3/c1-6-28-18-11-10-15(24-20(26)13(2)3)12-16(18)21(27)23-14(4)17-8-7-9-19(22-5)25-17/h7-14H,6H2,1-5H3,(H,22,25)(H,23,27)(H,24,26). The number of nitrogens with zero attached hydrogens (tertiary/aromatic N) is 1. The topological polar surface area (TPSA) is 92.3 Å². The molecule has 0 saturated heterocycles. The second kappa shape index (κ2) is 9.73. The Morgan fingerprint density at radius 2 is 1.89 bits per heavy atom. The maximum absolute atomic E-state index is 12.9. The Bertz CT molecular complexity index is 836. The average Bonchev–Trinajstić information content (AvgIpc) is 2.69. The van der Waals surface area contributed by atoms with Crippen LogP contribution in [0.25, 0.3) is 0 Å². The lowest BCUT2D eigenvalue weighted by atomic mass is 10.1. The Morgan fingerprint density at radius 1 is 1.14 bits per heavy atom. The maximum atomic E-state index is 12.9. The number of rotatable bonds is 8. The molecule has 1 aromatic heterocycles. The number of ether oxygens (including phenoxy) is 1. The molecule has 0 aliphatic carbocycles. The zero-order valence-electron chi connectivity index (χ0n) is 17.0. The number of nitrogens with one attached hydrogen (secondary N) is 3. The number of hydrogen-bond acceptors (Lipinski definition) is 5. The van der Waals surface area contributed by atoms with Crippen LogP contribution < -0.4 is 20.7 Å². The summed E-state index contributed by atoms with van der Waals surface area (Å²) in [5.74, 6) is 0.623. The minimum atomic E-state index is -0.302. The van der Waals surface area contributed by atoms with E-state index in [2.05, 4.69) is 20.9 Å². The van der Waals surface area contributed by atoms with E-state index in [-0.39, 0.29) is 23.8 Å². The van der Waals surface area contributed by atoms with E-state index in [1.807, 2.05) is 45.9 Å². The Morgan fingerprint density at radius 3 is 2.54 bits per heavy atom. The highest BCUT2D eigenvalue weighted by atomic mass is 16.5. The molecule has 7 nitrogen and oxygen atoms in total. The van der Waals surface area contributed by atoms with Gasteiger partial charge in [0.15, 0.2) is 0 Å². The lowest BCUT2D eigenvalue weighted by Crippen LogP contribution is -2.28. The molecule has 1 aromatic carbocycles. The van der Waals surface area contributed by atoms with Gasteiger partial charge in [-0.15, -0.1) is 0 Å². The van der Waals surface area contributed by atoms with Gasteiger partial charge in [-0.3, -0.25) is 9.59 Å². The lowest BCUT2D eigenvalue weighted by Gasteiger charge is -2.17. The Kier molecular flexibility index (Phi) is 7.37. The largest absolute Gasteiger partial charge is 0.493 e. The first-order chi connectivity index (χ1) is 13.3. The molecule has 3 N–H and O–H groups in total. The first kappa shape index (κ1) is 21.2. The summed E-state index contributed by atoms with van der Waals surface area (Å²) >= 11 is 0. The summed E-state index contributed by atoms with van der Waals surface area (Å²) in [6.07, 6.45) is 0. The first-order valence-corrected chi connectivity index (χ1v) is 9.39. The van der Waals surface area contributed by atoms with Gasteiger partial charge in [0.2, 0.25) is 5.91 Å². The monoisotopic (exact) mass is 384 g/mol. The van der Waals surface area contributed by atoms with Crippen molar-refractivity contribution in [3.05, 3.63) is 47.7 Å². The van der Waals surface area contributed by atoms with Crippen LogP contribution in [-0.2, 0) is 4.79 Å². The van der Waals surface area contributed by atoms with E-state index in [4.69, 9.17) is 4.74 Å². The van der Waals surface area contributed by atoms with E-state index in [1.54, 1.807) is 25.2 Å². The van der Waals surface area contributed by atoms with Gasteiger partial charge in [0.1, 0.15) is 11.6 Å². The fraction of sp³-hybridized carbons (Fsp3) is 0.381. The highest BCUT2D eigenvalue weighted by Crippen LogP contribution is 2.24. The van der Waals surface area contributed by atoms with E-state index >= 15 is 0 Å². The van der Waals surface area contributed by atoms with Gasteiger partial charge in [0.25, 0.3) is 5.91 Å². The number of carbonyl (C=O) groups is 2. The highest BCUT2D eigenvalue weighted by molar-refractivity contribution is 6.00.